The Labute approximate surface area is 121 Å². The van der Waals surface area contributed by atoms with Gasteiger partial charge in [-0.15, -0.1) is 6.58 Å². The first-order valence-electron chi connectivity index (χ1n) is 6.53. The van der Waals surface area contributed by atoms with Gasteiger partial charge in [0.1, 0.15) is 11.3 Å². The predicted octanol–water partition coefficient (Wildman–Crippen LogP) is 2.63. The lowest BCUT2D eigenvalue weighted by Gasteiger charge is -2.35. The maximum Gasteiger partial charge on any atom is 0.325 e. The molecule has 0 aromatic heterocycles. The molecule has 0 aliphatic rings. The van der Waals surface area contributed by atoms with E-state index in [9.17, 15) is 4.79 Å². The van der Waals surface area contributed by atoms with Gasteiger partial charge in [0.05, 0.1) is 14.2 Å². The molecule has 0 heterocycles. The summed E-state index contributed by atoms with van der Waals surface area (Å²) in [6.07, 6.45) is 1.79. The summed E-state index contributed by atoms with van der Waals surface area (Å²) >= 11 is 0. The summed E-state index contributed by atoms with van der Waals surface area (Å²) in [7, 11) is 3.04. The second kappa shape index (κ2) is 7.10. The molecule has 110 valence electrons. The molecule has 0 bridgehead atoms. The highest BCUT2D eigenvalue weighted by Gasteiger charge is 2.35. The van der Waals surface area contributed by atoms with E-state index in [1.54, 1.807) is 13.2 Å². The summed E-state index contributed by atoms with van der Waals surface area (Å²) in [4.78, 5) is 13.9. The first kappa shape index (κ1) is 16.2. The van der Waals surface area contributed by atoms with Crippen molar-refractivity contribution >= 4 is 5.97 Å². The van der Waals surface area contributed by atoms with Crippen LogP contribution in [0.2, 0.25) is 0 Å². The zero-order valence-electron chi connectivity index (χ0n) is 12.7. The Bertz CT molecular complexity index is 451. The van der Waals surface area contributed by atoms with E-state index in [-0.39, 0.29) is 5.97 Å². The first-order valence-corrected chi connectivity index (χ1v) is 6.53. The normalized spacial score (nSPS) is 11.2. The Balaban J connectivity index is 2.90. The highest BCUT2D eigenvalue weighted by atomic mass is 16.5. The molecule has 0 fully saturated rings. The Morgan fingerprint density at radius 2 is 1.90 bits per heavy atom. The van der Waals surface area contributed by atoms with E-state index in [0.29, 0.717) is 13.1 Å². The summed E-state index contributed by atoms with van der Waals surface area (Å²) in [5.74, 6) is 0.559. The number of rotatable bonds is 7. The topological polar surface area (TPSA) is 38.8 Å². The smallest absolute Gasteiger partial charge is 0.325 e. The molecule has 1 rings (SSSR count). The van der Waals surface area contributed by atoms with Gasteiger partial charge in [-0.2, -0.15) is 0 Å². The van der Waals surface area contributed by atoms with Crippen LogP contribution in [0.15, 0.2) is 36.9 Å². The number of carbonyl (C=O) groups is 1. The summed E-state index contributed by atoms with van der Waals surface area (Å²) in [6.45, 7) is 8.70. The van der Waals surface area contributed by atoms with Crippen LogP contribution in [0, 0.1) is 0 Å². The fraction of sp³-hybridized carbons (Fsp3) is 0.438. The van der Waals surface area contributed by atoms with Crippen LogP contribution in [-0.4, -0.2) is 37.2 Å². The minimum Gasteiger partial charge on any atom is -0.497 e. The molecule has 0 amide bonds. The van der Waals surface area contributed by atoms with Crippen LogP contribution >= 0.6 is 0 Å². The molecule has 1 aromatic rings. The van der Waals surface area contributed by atoms with E-state index in [2.05, 4.69) is 6.58 Å². The van der Waals surface area contributed by atoms with Crippen LogP contribution in [0.3, 0.4) is 0 Å². The van der Waals surface area contributed by atoms with Crippen molar-refractivity contribution in [2.75, 3.05) is 20.8 Å². The van der Waals surface area contributed by atoms with E-state index < -0.39 is 5.54 Å². The molecule has 4 nitrogen and oxygen atoms in total. The number of esters is 1. The Morgan fingerprint density at radius 1 is 1.30 bits per heavy atom. The number of nitrogens with zero attached hydrogens (tertiary/aromatic N) is 1. The SMILES string of the molecule is C=CCN(Cc1ccc(OC)cc1)C(C)(C)C(=O)OC. The summed E-state index contributed by atoms with van der Waals surface area (Å²) in [5.41, 5.74) is 0.396. The molecular weight excluding hydrogens is 254 g/mol. The summed E-state index contributed by atoms with van der Waals surface area (Å²) < 4.78 is 10.0. The molecule has 0 N–H and O–H groups in total. The third-order valence-corrected chi connectivity index (χ3v) is 3.36. The van der Waals surface area contributed by atoms with Gasteiger partial charge in [0.25, 0.3) is 0 Å². The Kier molecular flexibility index (Phi) is 5.77. The van der Waals surface area contributed by atoms with Crippen molar-refractivity contribution in [1.29, 1.82) is 0 Å². The van der Waals surface area contributed by atoms with Gasteiger partial charge in [-0.3, -0.25) is 9.69 Å². The second-order valence-corrected chi connectivity index (χ2v) is 5.07. The fourth-order valence-corrected chi connectivity index (χ4v) is 1.98. The molecule has 1 aromatic carbocycles. The maximum atomic E-state index is 11.9. The van der Waals surface area contributed by atoms with Crippen molar-refractivity contribution in [2.24, 2.45) is 0 Å². The number of methoxy groups -OCH3 is 2. The fourth-order valence-electron chi connectivity index (χ4n) is 1.98. The third-order valence-electron chi connectivity index (χ3n) is 3.36. The van der Waals surface area contributed by atoms with Crippen molar-refractivity contribution in [2.45, 2.75) is 25.9 Å². The van der Waals surface area contributed by atoms with Gasteiger partial charge < -0.3 is 9.47 Å². The van der Waals surface area contributed by atoms with Gasteiger partial charge in [0.2, 0.25) is 0 Å². The lowest BCUT2D eigenvalue weighted by Crippen LogP contribution is -2.50. The standard InChI is InChI=1S/C16H23NO3/c1-6-11-17(16(2,3)15(18)20-5)12-13-7-9-14(19-4)10-8-13/h6-10H,1,11-12H2,2-5H3. The van der Waals surface area contributed by atoms with Crippen LogP contribution in [-0.2, 0) is 16.1 Å². The molecule has 0 saturated carbocycles. The van der Waals surface area contributed by atoms with Crippen molar-refractivity contribution in [3.05, 3.63) is 42.5 Å². The van der Waals surface area contributed by atoms with Gasteiger partial charge in [-0.05, 0) is 31.5 Å². The number of hydrogen-bond donors (Lipinski definition) is 0. The maximum absolute atomic E-state index is 11.9. The van der Waals surface area contributed by atoms with Crippen LogP contribution in [0.1, 0.15) is 19.4 Å². The minimum atomic E-state index is -0.705. The first-order chi connectivity index (χ1) is 9.45. The molecule has 0 aliphatic heterocycles. The van der Waals surface area contributed by atoms with Crippen LogP contribution < -0.4 is 4.74 Å². The highest BCUT2D eigenvalue weighted by Crippen LogP contribution is 2.21. The molecule has 0 spiro atoms. The van der Waals surface area contributed by atoms with E-state index in [1.807, 2.05) is 43.0 Å². The molecule has 20 heavy (non-hydrogen) atoms. The summed E-state index contributed by atoms with van der Waals surface area (Å²) in [6, 6.07) is 7.80. The molecule has 0 aliphatic carbocycles. The monoisotopic (exact) mass is 277 g/mol. The molecule has 0 radical (unpaired) electrons. The van der Waals surface area contributed by atoms with Crippen molar-refractivity contribution in [3.63, 3.8) is 0 Å². The largest absolute Gasteiger partial charge is 0.497 e. The Hall–Kier alpha value is -1.81. The lowest BCUT2D eigenvalue weighted by atomic mass is 10.0. The van der Waals surface area contributed by atoms with E-state index in [1.165, 1.54) is 7.11 Å². The zero-order valence-corrected chi connectivity index (χ0v) is 12.7. The van der Waals surface area contributed by atoms with Gasteiger partial charge >= 0.3 is 5.97 Å². The van der Waals surface area contributed by atoms with Crippen molar-refractivity contribution in [3.8, 4) is 5.75 Å². The molecule has 0 saturated heterocycles. The number of benzene rings is 1. The van der Waals surface area contributed by atoms with E-state index in [4.69, 9.17) is 9.47 Å². The van der Waals surface area contributed by atoms with Crippen molar-refractivity contribution < 1.29 is 14.3 Å². The van der Waals surface area contributed by atoms with Gasteiger partial charge in [0.15, 0.2) is 0 Å². The summed E-state index contributed by atoms with van der Waals surface area (Å²) in [5, 5.41) is 0. The highest BCUT2D eigenvalue weighted by molar-refractivity contribution is 5.79. The molecule has 0 unspecified atom stereocenters. The number of ether oxygens (including phenoxy) is 2. The zero-order chi connectivity index (χ0) is 15.2. The van der Waals surface area contributed by atoms with Crippen LogP contribution in [0.25, 0.3) is 0 Å². The van der Waals surface area contributed by atoms with E-state index in [0.717, 1.165) is 11.3 Å². The predicted molar refractivity (Wildman–Crippen MR) is 79.7 cm³/mol. The van der Waals surface area contributed by atoms with Crippen LogP contribution in [0.5, 0.6) is 5.75 Å². The van der Waals surface area contributed by atoms with Gasteiger partial charge in [-0.25, -0.2) is 0 Å². The average molecular weight is 277 g/mol. The second-order valence-electron chi connectivity index (χ2n) is 5.07. The van der Waals surface area contributed by atoms with Crippen molar-refractivity contribution in [1.82, 2.24) is 4.90 Å². The number of hydrogen-bond acceptors (Lipinski definition) is 4. The van der Waals surface area contributed by atoms with Gasteiger partial charge in [-0.1, -0.05) is 18.2 Å². The molecule has 0 atom stereocenters. The molecule has 4 heteroatoms. The Morgan fingerprint density at radius 3 is 2.35 bits per heavy atom. The lowest BCUT2D eigenvalue weighted by molar-refractivity contribution is -0.153. The number of carbonyl (C=O) groups excluding carboxylic acids is 1. The van der Waals surface area contributed by atoms with Crippen LogP contribution in [0.4, 0.5) is 0 Å². The third kappa shape index (κ3) is 3.84. The van der Waals surface area contributed by atoms with E-state index >= 15 is 0 Å². The van der Waals surface area contributed by atoms with Gasteiger partial charge in [0, 0.05) is 13.1 Å². The average Bonchev–Trinajstić information content (AvgIpc) is 2.46. The minimum absolute atomic E-state index is 0.257. The molecular formula is C16H23NO3. The quantitative estimate of drug-likeness (QED) is 0.567.